The minimum absolute atomic E-state index is 0.103. The van der Waals surface area contributed by atoms with Crippen LogP contribution in [-0.4, -0.2) is 52.6 Å². The quantitative estimate of drug-likeness (QED) is 0.253. The minimum Gasteiger partial charge on any atom is -0.453 e. The number of hydrogen-bond donors (Lipinski definition) is 0. The topological polar surface area (TPSA) is 80.8 Å². The molecule has 33 heavy (non-hydrogen) atoms. The number of benzene rings is 1. The van der Waals surface area contributed by atoms with E-state index < -0.39 is 18.1 Å². The van der Waals surface area contributed by atoms with E-state index in [0.29, 0.717) is 29.6 Å². The van der Waals surface area contributed by atoms with E-state index in [1.54, 1.807) is 23.9 Å². The monoisotopic (exact) mass is 467 g/mol. The van der Waals surface area contributed by atoms with Crippen molar-refractivity contribution in [3.8, 4) is 0 Å². The van der Waals surface area contributed by atoms with Crippen LogP contribution < -0.4 is 0 Å². The van der Waals surface area contributed by atoms with Crippen LogP contribution in [0.3, 0.4) is 0 Å². The van der Waals surface area contributed by atoms with Gasteiger partial charge in [-0.05, 0) is 62.4 Å². The van der Waals surface area contributed by atoms with E-state index in [1.165, 1.54) is 11.8 Å². The summed E-state index contributed by atoms with van der Waals surface area (Å²) in [5.74, 6) is -0.363. The van der Waals surface area contributed by atoms with Gasteiger partial charge in [-0.2, -0.15) is 11.8 Å². The highest BCUT2D eigenvalue weighted by Crippen LogP contribution is 2.65. The molecule has 1 saturated heterocycles. The lowest BCUT2D eigenvalue weighted by Gasteiger charge is -2.37. The van der Waals surface area contributed by atoms with Crippen molar-refractivity contribution < 1.29 is 23.9 Å². The van der Waals surface area contributed by atoms with Gasteiger partial charge in [0.15, 0.2) is 6.10 Å². The van der Waals surface area contributed by atoms with E-state index in [4.69, 9.17) is 4.74 Å². The van der Waals surface area contributed by atoms with Crippen LogP contribution in [0.1, 0.15) is 35.7 Å². The normalized spacial score (nSPS) is 32.9. The average molecular weight is 468 g/mol. The maximum absolute atomic E-state index is 13.5. The smallest absolute Gasteiger partial charge is 0.330 e. The Hall–Kier alpha value is -2.41. The maximum atomic E-state index is 13.5. The van der Waals surface area contributed by atoms with Crippen LogP contribution in [-0.2, 0) is 19.1 Å². The molecule has 4 aliphatic carbocycles. The molecule has 0 N–H and O–H groups in total. The second kappa shape index (κ2) is 8.42. The van der Waals surface area contributed by atoms with Crippen LogP contribution in [0.5, 0.6) is 0 Å². The van der Waals surface area contributed by atoms with Crippen molar-refractivity contribution in [2.24, 2.45) is 35.5 Å². The zero-order valence-electron chi connectivity index (χ0n) is 19.1. The molecular weight excluding hydrogens is 438 g/mol. The number of esters is 1. The van der Waals surface area contributed by atoms with E-state index in [9.17, 15) is 19.2 Å². The van der Waals surface area contributed by atoms with Crippen molar-refractivity contribution in [2.45, 2.75) is 38.8 Å². The fraction of sp³-hybridized carbons (Fsp3) is 0.538. The van der Waals surface area contributed by atoms with Gasteiger partial charge >= 0.3 is 5.97 Å². The number of likely N-dealkylation sites (tertiary alicyclic amines) is 1. The zero-order valence-corrected chi connectivity index (χ0v) is 19.9. The van der Waals surface area contributed by atoms with Crippen molar-refractivity contribution in [2.75, 3.05) is 12.0 Å². The number of hydrogen-bond acceptors (Lipinski definition) is 6. The van der Waals surface area contributed by atoms with Crippen LogP contribution in [0.15, 0.2) is 36.4 Å². The van der Waals surface area contributed by atoms with E-state index in [0.717, 1.165) is 12.0 Å². The predicted molar refractivity (Wildman–Crippen MR) is 124 cm³/mol. The molecule has 1 aromatic carbocycles. The van der Waals surface area contributed by atoms with Gasteiger partial charge < -0.3 is 4.74 Å². The minimum atomic E-state index is -1.00. The molecule has 2 bridgehead atoms. The van der Waals surface area contributed by atoms with Crippen molar-refractivity contribution in [1.29, 1.82) is 0 Å². The standard InChI is InChI=1S/C26H29NO5S/c1-13-4-6-15(7-5-13)23(28)14(2)32-26(31)20(10-11-33-3)27-24(29)21-16-8-9-17(19-12-18(16)19)22(21)25(27)30/h4-9,14,16-22H,10-12H2,1-3H3/t14-,16+,17+,18+,19+,20-,21-,22+/m1/s1. The summed E-state index contributed by atoms with van der Waals surface area (Å²) in [6, 6.07) is 6.09. The van der Waals surface area contributed by atoms with Crippen LogP contribution >= 0.6 is 11.8 Å². The highest BCUT2D eigenvalue weighted by atomic mass is 32.2. The van der Waals surface area contributed by atoms with Crippen molar-refractivity contribution in [3.63, 3.8) is 0 Å². The molecule has 1 heterocycles. The SMILES string of the molecule is CSCC[C@H](C(=O)O[C@H](C)C(=O)c1ccc(C)cc1)N1C(=O)[C@@H]2[C@H]3C=C[C@@H]([C@@H]4C[C@@H]34)[C@@H]2C1=O. The van der Waals surface area contributed by atoms with E-state index in [-0.39, 0.29) is 41.3 Å². The Bertz CT molecular complexity index is 998. The first-order valence-corrected chi connectivity index (χ1v) is 13.1. The number of thioether (sulfide) groups is 1. The number of imide groups is 1. The number of allylic oxidation sites excluding steroid dienone is 2. The Morgan fingerprint density at radius 2 is 1.64 bits per heavy atom. The summed E-state index contributed by atoms with van der Waals surface area (Å²) in [5, 5.41) is 0. The Kier molecular flexibility index (Phi) is 5.71. The Balaban J connectivity index is 1.35. The molecule has 1 aliphatic heterocycles. The summed E-state index contributed by atoms with van der Waals surface area (Å²) in [6.07, 6.45) is 6.55. The molecule has 7 heteroatoms. The fourth-order valence-corrected chi connectivity index (χ4v) is 6.59. The molecule has 0 aromatic heterocycles. The fourth-order valence-electron chi connectivity index (χ4n) is 6.13. The number of amides is 2. The Morgan fingerprint density at radius 3 is 2.18 bits per heavy atom. The molecule has 6 nitrogen and oxygen atoms in total. The van der Waals surface area contributed by atoms with E-state index in [1.807, 2.05) is 25.3 Å². The molecule has 5 aliphatic rings. The summed E-state index contributed by atoms with van der Waals surface area (Å²) in [4.78, 5) is 54.2. The highest BCUT2D eigenvalue weighted by molar-refractivity contribution is 7.98. The molecule has 0 radical (unpaired) electrons. The summed E-state index contributed by atoms with van der Waals surface area (Å²) in [7, 11) is 0. The van der Waals surface area contributed by atoms with Crippen LogP contribution in [0.4, 0.5) is 0 Å². The molecule has 1 aromatic rings. The van der Waals surface area contributed by atoms with Gasteiger partial charge in [-0.3, -0.25) is 19.3 Å². The van der Waals surface area contributed by atoms with Crippen molar-refractivity contribution in [1.82, 2.24) is 4.90 Å². The molecule has 2 amide bonds. The number of carbonyl (C=O) groups is 4. The Morgan fingerprint density at radius 1 is 1.06 bits per heavy atom. The molecule has 3 fully saturated rings. The highest BCUT2D eigenvalue weighted by Gasteiger charge is 2.68. The largest absolute Gasteiger partial charge is 0.453 e. The number of aryl methyl sites for hydroxylation is 1. The van der Waals surface area contributed by atoms with Gasteiger partial charge in [-0.1, -0.05) is 42.0 Å². The summed E-state index contributed by atoms with van der Waals surface area (Å²) in [5.41, 5.74) is 1.49. The number of carbonyl (C=O) groups excluding carboxylic acids is 4. The third-order valence-corrected chi connectivity index (χ3v) is 8.52. The molecule has 6 rings (SSSR count). The van der Waals surface area contributed by atoms with Gasteiger partial charge in [0.25, 0.3) is 0 Å². The number of Topliss-reactive ketones (excluding diaryl/α,β-unsaturated/α-hetero) is 1. The van der Waals surface area contributed by atoms with Gasteiger partial charge in [-0.25, -0.2) is 4.79 Å². The molecule has 174 valence electrons. The molecule has 8 atom stereocenters. The molecule has 2 saturated carbocycles. The second-order valence-electron chi connectivity index (χ2n) is 9.81. The maximum Gasteiger partial charge on any atom is 0.330 e. The molecule has 0 unspecified atom stereocenters. The first kappa shape index (κ1) is 22.4. The van der Waals surface area contributed by atoms with Crippen molar-refractivity contribution in [3.05, 3.63) is 47.5 Å². The van der Waals surface area contributed by atoms with Crippen LogP contribution in [0.2, 0.25) is 0 Å². The third kappa shape index (κ3) is 3.65. The van der Waals surface area contributed by atoms with E-state index in [2.05, 4.69) is 12.2 Å². The van der Waals surface area contributed by atoms with Gasteiger partial charge in [0.05, 0.1) is 11.8 Å². The first-order chi connectivity index (χ1) is 15.8. The summed E-state index contributed by atoms with van der Waals surface area (Å²) < 4.78 is 5.56. The zero-order chi connectivity index (χ0) is 23.4. The lowest BCUT2D eigenvalue weighted by Crippen LogP contribution is -2.48. The lowest BCUT2D eigenvalue weighted by molar-refractivity contribution is -0.160. The van der Waals surface area contributed by atoms with E-state index >= 15 is 0 Å². The molecule has 0 spiro atoms. The summed E-state index contributed by atoms with van der Waals surface area (Å²) >= 11 is 1.54. The Labute approximate surface area is 198 Å². The molecular formula is C26H29NO5S. The van der Waals surface area contributed by atoms with Gasteiger partial charge in [0.2, 0.25) is 17.6 Å². The number of ketones is 1. The van der Waals surface area contributed by atoms with Crippen molar-refractivity contribution >= 4 is 35.3 Å². The summed E-state index contributed by atoms with van der Waals surface area (Å²) in [6.45, 7) is 3.47. The average Bonchev–Trinajstić information content (AvgIpc) is 3.59. The van der Waals surface area contributed by atoms with Crippen LogP contribution in [0.25, 0.3) is 0 Å². The van der Waals surface area contributed by atoms with Gasteiger partial charge in [-0.15, -0.1) is 0 Å². The van der Waals surface area contributed by atoms with Gasteiger partial charge in [0.1, 0.15) is 6.04 Å². The number of ether oxygens (including phenoxy) is 1. The predicted octanol–water partition coefficient (Wildman–Crippen LogP) is 3.28. The second-order valence-corrected chi connectivity index (χ2v) is 10.8. The first-order valence-electron chi connectivity index (χ1n) is 11.7. The number of nitrogens with zero attached hydrogens (tertiary/aromatic N) is 1. The van der Waals surface area contributed by atoms with Crippen LogP contribution in [0, 0.1) is 42.4 Å². The third-order valence-electron chi connectivity index (χ3n) is 7.87. The number of rotatable bonds is 8. The van der Waals surface area contributed by atoms with Gasteiger partial charge in [0, 0.05) is 5.56 Å². The lowest BCUT2D eigenvalue weighted by atomic mass is 9.63.